The predicted octanol–water partition coefficient (Wildman–Crippen LogP) is 6.80. The summed E-state index contributed by atoms with van der Waals surface area (Å²) in [4.78, 5) is 13.2. The Morgan fingerprint density at radius 3 is 2.57 bits per heavy atom. The zero-order chi connectivity index (χ0) is 20.5. The van der Waals surface area contributed by atoms with Crippen LogP contribution in [-0.2, 0) is 6.42 Å². The van der Waals surface area contributed by atoms with Gasteiger partial charge in [0.1, 0.15) is 5.82 Å². The van der Waals surface area contributed by atoms with Gasteiger partial charge in [-0.15, -0.1) is 0 Å². The first-order chi connectivity index (χ1) is 14.7. The van der Waals surface area contributed by atoms with Crippen LogP contribution in [0.5, 0.6) is 0 Å². The SMILES string of the molecule is CC(C)Cc1nc2ccc(-c3c(-c4ccccc4)ncn3C3CCCCC3)cc2[nH]1. The molecular weight excluding hydrogens is 368 g/mol. The Morgan fingerprint density at radius 2 is 1.80 bits per heavy atom. The molecule has 1 fully saturated rings. The molecule has 154 valence electrons. The summed E-state index contributed by atoms with van der Waals surface area (Å²) in [6.45, 7) is 4.46. The monoisotopic (exact) mass is 398 g/mol. The van der Waals surface area contributed by atoms with Crippen molar-refractivity contribution in [3.05, 3.63) is 60.7 Å². The molecule has 5 rings (SSSR count). The van der Waals surface area contributed by atoms with Gasteiger partial charge in [0.25, 0.3) is 0 Å². The Balaban J connectivity index is 1.63. The summed E-state index contributed by atoms with van der Waals surface area (Å²) in [6.07, 6.45) is 9.48. The summed E-state index contributed by atoms with van der Waals surface area (Å²) in [6, 6.07) is 17.7. The average Bonchev–Trinajstić information content (AvgIpc) is 3.37. The molecule has 1 aliphatic carbocycles. The molecule has 2 heterocycles. The molecule has 30 heavy (non-hydrogen) atoms. The first-order valence-electron chi connectivity index (χ1n) is 11.3. The molecule has 1 aliphatic rings. The average molecular weight is 399 g/mol. The fraction of sp³-hybridized carbons (Fsp3) is 0.385. The minimum atomic E-state index is 0.535. The van der Waals surface area contributed by atoms with Gasteiger partial charge in [0.15, 0.2) is 0 Å². The lowest BCUT2D eigenvalue weighted by atomic mass is 9.94. The van der Waals surface area contributed by atoms with Gasteiger partial charge in [-0.05, 0) is 30.9 Å². The summed E-state index contributed by atoms with van der Waals surface area (Å²) in [7, 11) is 0. The fourth-order valence-corrected chi connectivity index (χ4v) is 4.78. The zero-order valence-corrected chi connectivity index (χ0v) is 17.9. The van der Waals surface area contributed by atoms with E-state index in [4.69, 9.17) is 9.97 Å². The number of benzene rings is 2. The van der Waals surface area contributed by atoms with E-state index in [1.54, 1.807) is 0 Å². The van der Waals surface area contributed by atoms with Gasteiger partial charge in [-0.2, -0.15) is 0 Å². The molecule has 4 nitrogen and oxygen atoms in total. The number of nitrogens with zero attached hydrogens (tertiary/aromatic N) is 3. The molecule has 1 N–H and O–H groups in total. The highest BCUT2D eigenvalue weighted by Crippen LogP contribution is 2.38. The van der Waals surface area contributed by atoms with Crippen molar-refractivity contribution in [2.75, 3.05) is 0 Å². The van der Waals surface area contributed by atoms with Crippen LogP contribution in [-0.4, -0.2) is 19.5 Å². The Bertz CT molecular complexity index is 1130. The lowest BCUT2D eigenvalue weighted by molar-refractivity contribution is 0.355. The molecule has 0 amide bonds. The Hall–Kier alpha value is -2.88. The van der Waals surface area contributed by atoms with Crippen LogP contribution in [0.3, 0.4) is 0 Å². The summed E-state index contributed by atoms with van der Waals surface area (Å²) in [5.41, 5.74) is 6.84. The summed E-state index contributed by atoms with van der Waals surface area (Å²) in [5.74, 6) is 1.66. The number of aromatic amines is 1. The maximum atomic E-state index is 4.90. The number of nitrogens with one attached hydrogen (secondary N) is 1. The van der Waals surface area contributed by atoms with E-state index in [0.29, 0.717) is 12.0 Å². The van der Waals surface area contributed by atoms with Crippen LogP contribution in [0.1, 0.15) is 57.8 Å². The van der Waals surface area contributed by atoms with Crippen LogP contribution in [0.4, 0.5) is 0 Å². The molecule has 0 aliphatic heterocycles. The Kier molecular flexibility index (Phi) is 5.16. The van der Waals surface area contributed by atoms with Crippen LogP contribution in [0, 0.1) is 5.92 Å². The maximum absolute atomic E-state index is 4.90. The number of imidazole rings is 2. The standard InChI is InChI=1S/C26H30N4/c1-18(2)15-24-28-22-14-13-20(16-23(22)29-24)26-25(19-9-5-3-6-10-19)27-17-30(26)21-11-7-4-8-12-21/h3,5-6,9-10,13-14,16-18,21H,4,7-8,11-12,15H2,1-2H3,(H,28,29). The number of aromatic nitrogens is 4. The van der Waals surface area contributed by atoms with Gasteiger partial charge in [-0.3, -0.25) is 0 Å². The third kappa shape index (κ3) is 3.67. The number of rotatable bonds is 5. The van der Waals surface area contributed by atoms with E-state index in [9.17, 15) is 0 Å². The highest BCUT2D eigenvalue weighted by molar-refractivity contribution is 5.86. The normalized spacial score (nSPS) is 15.3. The van der Waals surface area contributed by atoms with Crippen LogP contribution in [0.15, 0.2) is 54.9 Å². The molecule has 0 spiro atoms. The molecule has 0 radical (unpaired) electrons. The van der Waals surface area contributed by atoms with E-state index in [0.717, 1.165) is 29.0 Å². The molecule has 4 heteroatoms. The quantitative estimate of drug-likeness (QED) is 0.402. The molecule has 0 bridgehead atoms. The number of hydrogen-bond acceptors (Lipinski definition) is 2. The van der Waals surface area contributed by atoms with E-state index in [-0.39, 0.29) is 0 Å². The van der Waals surface area contributed by atoms with Gasteiger partial charge in [-0.1, -0.05) is 69.5 Å². The van der Waals surface area contributed by atoms with Crippen molar-refractivity contribution in [1.82, 2.24) is 19.5 Å². The van der Waals surface area contributed by atoms with Crippen LogP contribution in [0.25, 0.3) is 33.5 Å². The van der Waals surface area contributed by atoms with Gasteiger partial charge >= 0.3 is 0 Å². The van der Waals surface area contributed by atoms with E-state index in [1.165, 1.54) is 48.9 Å². The molecule has 4 aromatic rings. The van der Waals surface area contributed by atoms with Crippen molar-refractivity contribution >= 4 is 11.0 Å². The highest BCUT2D eigenvalue weighted by atomic mass is 15.1. The molecule has 2 aromatic heterocycles. The summed E-state index contributed by atoms with van der Waals surface area (Å²) in [5, 5.41) is 0. The van der Waals surface area contributed by atoms with E-state index >= 15 is 0 Å². The van der Waals surface area contributed by atoms with Gasteiger partial charge < -0.3 is 9.55 Å². The second-order valence-corrected chi connectivity index (χ2v) is 9.02. The van der Waals surface area contributed by atoms with Crippen molar-refractivity contribution in [2.45, 2.75) is 58.4 Å². The van der Waals surface area contributed by atoms with Crippen LogP contribution in [0.2, 0.25) is 0 Å². The van der Waals surface area contributed by atoms with E-state index in [2.05, 4.69) is 78.3 Å². The van der Waals surface area contributed by atoms with Gasteiger partial charge in [0.2, 0.25) is 0 Å². The zero-order valence-electron chi connectivity index (χ0n) is 17.9. The first kappa shape index (κ1) is 19.1. The highest BCUT2D eigenvalue weighted by Gasteiger charge is 2.22. The van der Waals surface area contributed by atoms with Crippen molar-refractivity contribution < 1.29 is 0 Å². The summed E-state index contributed by atoms with van der Waals surface area (Å²) >= 11 is 0. The molecule has 0 saturated heterocycles. The summed E-state index contributed by atoms with van der Waals surface area (Å²) < 4.78 is 2.44. The molecule has 0 unspecified atom stereocenters. The van der Waals surface area contributed by atoms with Gasteiger partial charge in [-0.25, -0.2) is 9.97 Å². The number of H-pyrrole nitrogens is 1. The molecule has 1 saturated carbocycles. The van der Waals surface area contributed by atoms with E-state index < -0.39 is 0 Å². The van der Waals surface area contributed by atoms with Crippen molar-refractivity contribution in [1.29, 1.82) is 0 Å². The second-order valence-electron chi connectivity index (χ2n) is 9.02. The molecule has 2 aromatic carbocycles. The van der Waals surface area contributed by atoms with Crippen molar-refractivity contribution in [3.63, 3.8) is 0 Å². The topological polar surface area (TPSA) is 46.5 Å². The second kappa shape index (κ2) is 8.10. The Labute approximate surface area is 178 Å². The Morgan fingerprint density at radius 1 is 1.00 bits per heavy atom. The third-order valence-electron chi connectivity index (χ3n) is 6.22. The largest absolute Gasteiger partial charge is 0.342 e. The number of hydrogen-bond donors (Lipinski definition) is 1. The lowest BCUT2D eigenvalue weighted by Gasteiger charge is -2.25. The maximum Gasteiger partial charge on any atom is 0.107 e. The van der Waals surface area contributed by atoms with Crippen molar-refractivity contribution in [3.8, 4) is 22.5 Å². The third-order valence-corrected chi connectivity index (χ3v) is 6.22. The van der Waals surface area contributed by atoms with E-state index in [1.807, 2.05) is 0 Å². The molecule has 0 atom stereocenters. The van der Waals surface area contributed by atoms with Gasteiger partial charge in [0.05, 0.1) is 28.7 Å². The minimum absolute atomic E-state index is 0.535. The predicted molar refractivity (Wildman–Crippen MR) is 123 cm³/mol. The fourth-order valence-electron chi connectivity index (χ4n) is 4.78. The first-order valence-corrected chi connectivity index (χ1v) is 11.3. The van der Waals surface area contributed by atoms with Gasteiger partial charge in [0, 0.05) is 23.6 Å². The minimum Gasteiger partial charge on any atom is -0.342 e. The lowest BCUT2D eigenvalue weighted by Crippen LogP contribution is -2.13. The van der Waals surface area contributed by atoms with Crippen LogP contribution >= 0.6 is 0 Å². The molecular formula is C26H30N4. The smallest absolute Gasteiger partial charge is 0.107 e. The van der Waals surface area contributed by atoms with Crippen LogP contribution < -0.4 is 0 Å². The number of fused-ring (bicyclic) bond motifs is 1. The van der Waals surface area contributed by atoms with Crippen molar-refractivity contribution in [2.24, 2.45) is 5.92 Å².